The standard InChI is InChI=1S/C11H6ClN2O/c12-11-5-9(8(7-15)6-14-11)10-3-1-2-4-13-10/h1-6H. The lowest BCUT2D eigenvalue weighted by Crippen LogP contribution is -1.91. The Bertz CT molecular complexity index is 485. The fraction of sp³-hybridized carbons (Fsp3) is 0. The molecule has 0 amide bonds. The number of aromatic nitrogens is 2. The molecule has 0 aliphatic heterocycles. The highest BCUT2D eigenvalue weighted by atomic mass is 35.5. The van der Waals surface area contributed by atoms with Crippen molar-refractivity contribution in [1.29, 1.82) is 0 Å². The highest BCUT2D eigenvalue weighted by Gasteiger charge is 2.07. The summed E-state index contributed by atoms with van der Waals surface area (Å²) in [5, 5.41) is 0.328. The third-order valence-electron chi connectivity index (χ3n) is 1.92. The second-order valence-corrected chi connectivity index (χ2v) is 3.26. The van der Waals surface area contributed by atoms with Gasteiger partial charge in [-0.25, -0.2) is 4.98 Å². The van der Waals surface area contributed by atoms with Crippen molar-refractivity contribution < 1.29 is 4.79 Å². The first-order valence-corrected chi connectivity index (χ1v) is 4.64. The minimum Gasteiger partial charge on any atom is -0.285 e. The topological polar surface area (TPSA) is 42.9 Å². The number of halogens is 1. The van der Waals surface area contributed by atoms with Gasteiger partial charge < -0.3 is 0 Å². The van der Waals surface area contributed by atoms with E-state index in [-0.39, 0.29) is 0 Å². The number of rotatable bonds is 2. The van der Waals surface area contributed by atoms with Gasteiger partial charge in [0.15, 0.2) is 0 Å². The lowest BCUT2D eigenvalue weighted by atomic mass is 10.1. The van der Waals surface area contributed by atoms with Crippen LogP contribution in [0.3, 0.4) is 0 Å². The fourth-order valence-electron chi connectivity index (χ4n) is 1.25. The van der Waals surface area contributed by atoms with E-state index in [1.165, 1.54) is 6.20 Å². The van der Waals surface area contributed by atoms with Crippen molar-refractivity contribution in [3.05, 3.63) is 47.4 Å². The number of hydrogen-bond acceptors (Lipinski definition) is 3. The summed E-state index contributed by atoms with van der Waals surface area (Å²) >= 11 is 5.75. The summed E-state index contributed by atoms with van der Waals surface area (Å²) in [6, 6.07) is 7.04. The molecule has 0 atom stereocenters. The third kappa shape index (κ3) is 2.02. The van der Waals surface area contributed by atoms with Crippen LogP contribution < -0.4 is 0 Å². The zero-order valence-electron chi connectivity index (χ0n) is 7.64. The molecule has 0 aliphatic rings. The van der Waals surface area contributed by atoms with Crippen LogP contribution in [0.1, 0.15) is 5.56 Å². The zero-order valence-corrected chi connectivity index (χ0v) is 8.40. The van der Waals surface area contributed by atoms with Gasteiger partial charge in [0.2, 0.25) is 6.29 Å². The van der Waals surface area contributed by atoms with E-state index in [4.69, 9.17) is 11.6 Å². The SMILES string of the molecule is O=[C]c1cnc(Cl)cc1-c1ccccn1. The third-order valence-corrected chi connectivity index (χ3v) is 2.13. The van der Waals surface area contributed by atoms with Crippen LogP contribution in [0.4, 0.5) is 0 Å². The smallest absolute Gasteiger partial charge is 0.235 e. The summed E-state index contributed by atoms with van der Waals surface area (Å²) in [5.41, 5.74) is 1.68. The molecule has 0 aromatic carbocycles. The van der Waals surface area contributed by atoms with Gasteiger partial charge >= 0.3 is 0 Å². The van der Waals surface area contributed by atoms with E-state index in [0.717, 1.165) is 0 Å². The maximum absolute atomic E-state index is 10.7. The van der Waals surface area contributed by atoms with E-state index in [1.54, 1.807) is 24.4 Å². The minimum absolute atomic E-state index is 0.328. The van der Waals surface area contributed by atoms with Crippen molar-refractivity contribution in [3.8, 4) is 11.3 Å². The number of hydrogen-bond donors (Lipinski definition) is 0. The Hall–Kier alpha value is -1.74. The Morgan fingerprint density at radius 1 is 1.27 bits per heavy atom. The molecule has 4 heteroatoms. The van der Waals surface area contributed by atoms with Crippen LogP contribution in [0.2, 0.25) is 5.15 Å². The first-order chi connectivity index (χ1) is 7.31. The highest BCUT2D eigenvalue weighted by Crippen LogP contribution is 2.22. The summed E-state index contributed by atoms with van der Waals surface area (Å²) in [6.07, 6.45) is 4.85. The molecule has 73 valence electrons. The molecule has 0 fully saturated rings. The van der Waals surface area contributed by atoms with Crippen molar-refractivity contribution in [1.82, 2.24) is 9.97 Å². The molecule has 0 spiro atoms. The van der Waals surface area contributed by atoms with E-state index in [1.807, 2.05) is 12.4 Å². The van der Waals surface area contributed by atoms with Crippen molar-refractivity contribution in [2.75, 3.05) is 0 Å². The second kappa shape index (κ2) is 4.19. The molecule has 2 aromatic heterocycles. The molecular formula is C11H6ClN2O. The Labute approximate surface area is 91.8 Å². The van der Waals surface area contributed by atoms with E-state index < -0.39 is 0 Å². The van der Waals surface area contributed by atoms with Gasteiger partial charge in [-0.05, 0) is 18.2 Å². The average Bonchev–Trinajstić information content (AvgIpc) is 2.30. The van der Waals surface area contributed by atoms with Gasteiger partial charge in [0.25, 0.3) is 0 Å². The maximum atomic E-state index is 10.7. The molecule has 2 aromatic rings. The summed E-state index contributed by atoms with van der Waals surface area (Å²) < 4.78 is 0. The molecule has 1 radical (unpaired) electrons. The number of nitrogens with zero attached hydrogens (tertiary/aromatic N) is 2. The van der Waals surface area contributed by atoms with Crippen molar-refractivity contribution >= 4 is 17.9 Å². The first kappa shape index (κ1) is 9.80. The Kier molecular flexibility index (Phi) is 2.74. The number of pyridine rings is 2. The van der Waals surface area contributed by atoms with Gasteiger partial charge in [0, 0.05) is 18.0 Å². The van der Waals surface area contributed by atoms with Crippen molar-refractivity contribution in [2.45, 2.75) is 0 Å². The van der Waals surface area contributed by atoms with Crippen LogP contribution in [0.15, 0.2) is 36.7 Å². The summed E-state index contributed by atoms with van der Waals surface area (Å²) in [6.45, 7) is 0. The molecule has 2 heterocycles. The molecule has 0 unspecified atom stereocenters. The van der Waals surface area contributed by atoms with Crippen LogP contribution in [0.25, 0.3) is 11.3 Å². The quantitative estimate of drug-likeness (QED) is 0.725. The van der Waals surface area contributed by atoms with Crippen LogP contribution in [0.5, 0.6) is 0 Å². The molecular weight excluding hydrogens is 212 g/mol. The molecule has 0 bridgehead atoms. The minimum atomic E-state index is 0.328. The summed E-state index contributed by atoms with van der Waals surface area (Å²) in [4.78, 5) is 18.6. The Balaban J connectivity index is 2.61. The summed E-state index contributed by atoms with van der Waals surface area (Å²) in [5.74, 6) is 0. The van der Waals surface area contributed by atoms with Gasteiger partial charge in [0.05, 0.1) is 11.3 Å². The fourth-order valence-corrected chi connectivity index (χ4v) is 1.40. The predicted octanol–water partition coefficient (Wildman–Crippen LogP) is 2.25. The van der Waals surface area contributed by atoms with Crippen LogP contribution in [-0.4, -0.2) is 16.3 Å². The molecule has 0 saturated heterocycles. The molecule has 0 aliphatic carbocycles. The normalized spacial score (nSPS) is 9.93. The maximum Gasteiger partial charge on any atom is 0.235 e. The average molecular weight is 218 g/mol. The lowest BCUT2D eigenvalue weighted by Gasteiger charge is -2.02. The Morgan fingerprint density at radius 2 is 2.13 bits per heavy atom. The van der Waals surface area contributed by atoms with E-state index >= 15 is 0 Å². The van der Waals surface area contributed by atoms with E-state index in [0.29, 0.717) is 22.0 Å². The van der Waals surface area contributed by atoms with Crippen molar-refractivity contribution in [3.63, 3.8) is 0 Å². The lowest BCUT2D eigenvalue weighted by molar-refractivity contribution is 0.562. The van der Waals surface area contributed by atoms with Crippen LogP contribution in [0, 0.1) is 0 Å². The first-order valence-electron chi connectivity index (χ1n) is 4.26. The Morgan fingerprint density at radius 3 is 2.80 bits per heavy atom. The molecule has 15 heavy (non-hydrogen) atoms. The molecule has 0 N–H and O–H groups in total. The molecule has 3 nitrogen and oxygen atoms in total. The highest BCUT2D eigenvalue weighted by molar-refractivity contribution is 6.29. The predicted molar refractivity (Wildman–Crippen MR) is 57.3 cm³/mol. The monoisotopic (exact) mass is 217 g/mol. The van der Waals surface area contributed by atoms with E-state index in [9.17, 15) is 4.79 Å². The second-order valence-electron chi connectivity index (χ2n) is 2.87. The van der Waals surface area contributed by atoms with E-state index in [2.05, 4.69) is 9.97 Å². The summed E-state index contributed by atoms with van der Waals surface area (Å²) in [7, 11) is 0. The van der Waals surface area contributed by atoms with Crippen LogP contribution >= 0.6 is 11.6 Å². The number of carbonyl (C=O) groups excluding carboxylic acids is 1. The van der Waals surface area contributed by atoms with Gasteiger partial charge in [-0.3, -0.25) is 9.78 Å². The molecule has 0 saturated carbocycles. The largest absolute Gasteiger partial charge is 0.285 e. The van der Waals surface area contributed by atoms with Gasteiger partial charge in [-0.2, -0.15) is 0 Å². The van der Waals surface area contributed by atoms with Gasteiger partial charge in [0.1, 0.15) is 5.15 Å². The van der Waals surface area contributed by atoms with Crippen molar-refractivity contribution in [2.24, 2.45) is 0 Å². The molecule has 2 rings (SSSR count). The van der Waals surface area contributed by atoms with Gasteiger partial charge in [-0.15, -0.1) is 0 Å². The van der Waals surface area contributed by atoms with Gasteiger partial charge in [-0.1, -0.05) is 17.7 Å². The van der Waals surface area contributed by atoms with Crippen LogP contribution in [-0.2, 0) is 4.79 Å². The zero-order chi connectivity index (χ0) is 10.7.